The molecule has 3 heteroatoms. The monoisotopic (exact) mass is 235 g/mol. The third-order valence-corrected chi connectivity index (χ3v) is 4.45. The van der Waals surface area contributed by atoms with Gasteiger partial charge in [-0.3, -0.25) is 0 Å². The second-order valence-electron chi connectivity index (χ2n) is 4.76. The van der Waals surface area contributed by atoms with Gasteiger partial charge in [0.25, 0.3) is 0 Å². The molecule has 16 heavy (non-hydrogen) atoms. The first kappa shape index (κ1) is 10.5. The van der Waals surface area contributed by atoms with Crippen molar-refractivity contribution in [3.63, 3.8) is 0 Å². The maximum atomic E-state index is 6.21. The van der Waals surface area contributed by atoms with Crippen molar-refractivity contribution in [3.8, 4) is 5.75 Å². The number of nitrogens with two attached hydrogens (primary N) is 1. The zero-order valence-electron chi connectivity index (χ0n) is 9.26. The van der Waals surface area contributed by atoms with Gasteiger partial charge in [0.1, 0.15) is 11.9 Å². The van der Waals surface area contributed by atoms with Crippen molar-refractivity contribution in [3.05, 3.63) is 24.3 Å². The molecule has 0 saturated heterocycles. The van der Waals surface area contributed by atoms with Crippen LogP contribution in [0.15, 0.2) is 29.2 Å². The Labute approximate surface area is 101 Å². The lowest BCUT2D eigenvalue weighted by Gasteiger charge is -2.29. The van der Waals surface area contributed by atoms with E-state index in [1.807, 2.05) is 23.9 Å². The summed E-state index contributed by atoms with van der Waals surface area (Å²) in [4.78, 5) is 1.25. The number of para-hydroxylation sites is 1. The van der Waals surface area contributed by atoms with Gasteiger partial charge in [0.15, 0.2) is 0 Å². The van der Waals surface area contributed by atoms with Crippen LogP contribution in [0.3, 0.4) is 0 Å². The van der Waals surface area contributed by atoms with E-state index < -0.39 is 0 Å². The van der Waals surface area contributed by atoms with Crippen LogP contribution in [0.5, 0.6) is 5.75 Å². The highest BCUT2D eigenvalue weighted by atomic mass is 32.2. The summed E-state index contributed by atoms with van der Waals surface area (Å²) >= 11 is 1.87. The number of hydrogen-bond donors (Lipinski definition) is 1. The Morgan fingerprint density at radius 3 is 3.00 bits per heavy atom. The lowest BCUT2D eigenvalue weighted by Crippen LogP contribution is -2.42. The molecular weight excluding hydrogens is 218 g/mol. The van der Waals surface area contributed by atoms with E-state index in [4.69, 9.17) is 10.5 Å². The van der Waals surface area contributed by atoms with Crippen molar-refractivity contribution in [1.82, 2.24) is 0 Å². The van der Waals surface area contributed by atoms with Crippen molar-refractivity contribution < 1.29 is 4.74 Å². The van der Waals surface area contributed by atoms with E-state index in [-0.39, 0.29) is 12.1 Å². The van der Waals surface area contributed by atoms with Crippen molar-refractivity contribution in [1.29, 1.82) is 0 Å². The first-order valence-electron chi connectivity index (χ1n) is 5.97. The standard InChI is InChI=1S/C13H17NOS/c14-10(7-9-5-6-9)12-8-16-13-4-2-1-3-11(13)15-12/h1-4,9-10,12H,5-8,14H2. The topological polar surface area (TPSA) is 35.2 Å². The van der Waals surface area contributed by atoms with Gasteiger partial charge in [0.05, 0.1) is 0 Å². The summed E-state index contributed by atoms with van der Waals surface area (Å²) in [6.07, 6.45) is 4.06. The highest BCUT2D eigenvalue weighted by Crippen LogP contribution is 2.38. The van der Waals surface area contributed by atoms with E-state index in [2.05, 4.69) is 12.1 Å². The molecule has 86 valence electrons. The van der Waals surface area contributed by atoms with Gasteiger partial charge >= 0.3 is 0 Å². The van der Waals surface area contributed by atoms with Crippen molar-refractivity contribution in [2.45, 2.75) is 36.3 Å². The number of fused-ring (bicyclic) bond motifs is 1. The second kappa shape index (κ2) is 4.30. The lowest BCUT2D eigenvalue weighted by molar-refractivity contribution is 0.177. The normalized spacial score (nSPS) is 25.7. The third-order valence-electron chi connectivity index (χ3n) is 3.31. The van der Waals surface area contributed by atoms with Crippen LogP contribution >= 0.6 is 11.8 Å². The van der Waals surface area contributed by atoms with Gasteiger partial charge in [-0.05, 0) is 24.5 Å². The first-order chi connectivity index (χ1) is 7.83. The van der Waals surface area contributed by atoms with Gasteiger partial charge < -0.3 is 10.5 Å². The largest absolute Gasteiger partial charge is 0.487 e. The van der Waals surface area contributed by atoms with E-state index in [9.17, 15) is 0 Å². The van der Waals surface area contributed by atoms with Crippen molar-refractivity contribution in [2.24, 2.45) is 11.7 Å². The van der Waals surface area contributed by atoms with Crippen LogP contribution < -0.4 is 10.5 Å². The minimum absolute atomic E-state index is 0.195. The Bertz CT molecular complexity index is 378. The quantitative estimate of drug-likeness (QED) is 0.875. The number of thioether (sulfide) groups is 1. The zero-order chi connectivity index (χ0) is 11.0. The highest BCUT2D eigenvalue weighted by Gasteiger charge is 2.31. The zero-order valence-corrected chi connectivity index (χ0v) is 10.1. The molecular formula is C13H17NOS. The molecule has 2 nitrogen and oxygen atoms in total. The predicted molar refractivity (Wildman–Crippen MR) is 66.9 cm³/mol. The molecule has 0 bridgehead atoms. The molecule has 2 N–H and O–H groups in total. The van der Waals surface area contributed by atoms with Crippen LogP contribution in [-0.2, 0) is 0 Å². The summed E-state index contributed by atoms with van der Waals surface area (Å²) in [5.41, 5.74) is 6.21. The van der Waals surface area contributed by atoms with Crippen LogP contribution in [0.2, 0.25) is 0 Å². The third kappa shape index (κ3) is 2.20. The fraction of sp³-hybridized carbons (Fsp3) is 0.538. The highest BCUT2D eigenvalue weighted by molar-refractivity contribution is 7.99. The number of rotatable bonds is 3. The average molecular weight is 235 g/mol. The van der Waals surface area contributed by atoms with E-state index in [0.717, 1.165) is 23.8 Å². The fourth-order valence-electron chi connectivity index (χ4n) is 2.14. The van der Waals surface area contributed by atoms with E-state index in [1.165, 1.54) is 17.7 Å². The van der Waals surface area contributed by atoms with Crippen molar-refractivity contribution in [2.75, 3.05) is 5.75 Å². The molecule has 1 fully saturated rings. The molecule has 0 spiro atoms. The van der Waals surface area contributed by atoms with E-state index in [1.54, 1.807) is 0 Å². The van der Waals surface area contributed by atoms with Crippen molar-refractivity contribution >= 4 is 11.8 Å². The Morgan fingerprint density at radius 2 is 2.19 bits per heavy atom. The maximum Gasteiger partial charge on any atom is 0.133 e. The Morgan fingerprint density at radius 1 is 1.38 bits per heavy atom. The minimum atomic E-state index is 0.195. The summed E-state index contributed by atoms with van der Waals surface area (Å²) in [5, 5.41) is 0. The lowest BCUT2D eigenvalue weighted by atomic mass is 10.1. The van der Waals surface area contributed by atoms with Crippen LogP contribution in [0.1, 0.15) is 19.3 Å². The van der Waals surface area contributed by atoms with Gasteiger partial charge in [-0.2, -0.15) is 0 Å². The molecule has 2 aliphatic rings. The Balaban J connectivity index is 1.67. The predicted octanol–water partition coefficient (Wildman–Crippen LogP) is 2.67. The minimum Gasteiger partial charge on any atom is -0.487 e. The molecule has 0 aromatic heterocycles. The molecule has 1 aliphatic carbocycles. The molecule has 0 amide bonds. The number of ether oxygens (including phenoxy) is 1. The smallest absolute Gasteiger partial charge is 0.133 e. The van der Waals surface area contributed by atoms with Crippen LogP contribution in [-0.4, -0.2) is 17.9 Å². The summed E-state index contributed by atoms with van der Waals surface area (Å²) in [6.45, 7) is 0. The van der Waals surface area contributed by atoms with Gasteiger partial charge in [-0.1, -0.05) is 25.0 Å². The molecule has 1 aromatic carbocycles. The van der Waals surface area contributed by atoms with Gasteiger partial charge in [-0.15, -0.1) is 11.8 Å². The molecule has 3 rings (SSSR count). The van der Waals surface area contributed by atoms with Crippen LogP contribution in [0.25, 0.3) is 0 Å². The summed E-state index contributed by atoms with van der Waals surface area (Å²) in [5.74, 6) is 2.88. The average Bonchev–Trinajstić information content (AvgIpc) is 3.12. The molecule has 0 radical (unpaired) electrons. The number of hydrogen-bond acceptors (Lipinski definition) is 3. The maximum absolute atomic E-state index is 6.21. The van der Waals surface area contributed by atoms with Gasteiger partial charge in [-0.25, -0.2) is 0 Å². The summed E-state index contributed by atoms with van der Waals surface area (Å²) < 4.78 is 5.98. The van der Waals surface area contributed by atoms with E-state index >= 15 is 0 Å². The molecule has 1 aromatic rings. The molecule has 1 saturated carbocycles. The van der Waals surface area contributed by atoms with Crippen LogP contribution in [0.4, 0.5) is 0 Å². The SMILES string of the molecule is NC(CC1CC1)C1CSc2ccccc2O1. The second-order valence-corrected chi connectivity index (χ2v) is 5.82. The first-order valence-corrected chi connectivity index (χ1v) is 6.95. The molecule has 2 unspecified atom stereocenters. The van der Waals surface area contributed by atoms with Gasteiger partial charge in [0.2, 0.25) is 0 Å². The molecule has 1 aliphatic heterocycles. The van der Waals surface area contributed by atoms with E-state index in [0.29, 0.717) is 0 Å². The molecule has 2 atom stereocenters. The fourth-order valence-corrected chi connectivity index (χ4v) is 3.23. The van der Waals surface area contributed by atoms with Gasteiger partial charge in [0, 0.05) is 16.7 Å². The molecule has 1 heterocycles. The Hall–Kier alpha value is -0.670. The van der Waals surface area contributed by atoms with Crippen LogP contribution in [0, 0.1) is 5.92 Å². The Kier molecular flexibility index (Phi) is 2.82. The number of benzene rings is 1. The summed E-state index contributed by atoms with van der Waals surface area (Å²) in [7, 11) is 0. The summed E-state index contributed by atoms with van der Waals surface area (Å²) in [6, 6.07) is 8.43.